The Morgan fingerprint density at radius 3 is 1.15 bits per heavy atom. The van der Waals surface area contributed by atoms with E-state index in [1.807, 2.05) is 0 Å². The summed E-state index contributed by atoms with van der Waals surface area (Å²) in [6, 6.07) is 32.2. The summed E-state index contributed by atoms with van der Waals surface area (Å²) in [6.07, 6.45) is 0. The van der Waals surface area contributed by atoms with E-state index >= 15 is 0 Å². The maximum atomic E-state index is 2.53. The zero-order valence-electron chi connectivity index (χ0n) is 24.0. The van der Waals surface area contributed by atoms with Crippen LogP contribution >= 0.6 is 0 Å². The van der Waals surface area contributed by atoms with Gasteiger partial charge < -0.3 is 9.13 Å². The molecule has 2 nitrogen and oxygen atoms in total. The molecule has 0 atom stereocenters. The minimum absolute atomic E-state index is 1.26. The molecule has 2 aliphatic heterocycles. The second-order valence-electron chi connectivity index (χ2n) is 11.8. The summed E-state index contributed by atoms with van der Waals surface area (Å²) >= 11 is 0. The van der Waals surface area contributed by atoms with Crippen LogP contribution in [0.3, 0.4) is 0 Å². The fourth-order valence-electron chi connectivity index (χ4n) is 7.74. The smallest absolute Gasteiger partial charge is 0.0548 e. The predicted molar refractivity (Wildman–Crippen MR) is 171 cm³/mol. The fraction of sp³-hybridized carbons (Fsp3) is 0.158. The van der Waals surface area contributed by atoms with Gasteiger partial charge in [-0.2, -0.15) is 0 Å². The highest BCUT2D eigenvalue weighted by Crippen LogP contribution is 2.50. The molecule has 0 aromatic heterocycles. The molecule has 0 N–H and O–H groups in total. The van der Waals surface area contributed by atoms with Crippen LogP contribution in [-0.4, -0.2) is 9.13 Å². The van der Waals surface area contributed by atoms with E-state index in [0.717, 1.165) is 0 Å². The third-order valence-electron chi connectivity index (χ3n) is 8.93. The van der Waals surface area contributed by atoms with Crippen LogP contribution in [0.25, 0.3) is 66.1 Å². The van der Waals surface area contributed by atoms with E-state index in [9.17, 15) is 0 Å². The highest BCUT2D eigenvalue weighted by atomic mass is 15.0. The first-order chi connectivity index (χ1) is 19.3. The molecular formula is C38H32N2. The Balaban J connectivity index is 1.70. The zero-order valence-corrected chi connectivity index (χ0v) is 24.0. The van der Waals surface area contributed by atoms with E-state index in [0.29, 0.717) is 0 Å². The molecule has 0 fully saturated rings. The van der Waals surface area contributed by atoms with Crippen LogP contribution in [0, 0.1) is 41.5 Å². The van der Waals surface area contributed by atoms with Crippen molar-refractivity contribution in [3.63, 3.8) is 0 Å². The molecule has 2 aliphatic rings. The third kappa shape index (κ3) is 2.94. The number of aromatic nitrogens is 2. The van der Waals surface area contributed by atoms with Gasteiger partial charge in [0.05, 0.1) is 33.4 Å². The van der Waals surface area contributed by atoms with Crippen molar-refractivity contribution in [1.82, 2.24) is 9.13 Å². The zero-order chi connectivity index (χ0) is 27.4. The van der Waals surface area contributed by atoms with Crippen LogP contribution < -0.4 is 0 Å². The monoisotopic (exact) mass is 516 g/mol. The number of aryl methyl sites for hydroxylation is 6. The maximum absolute atomic E-state index is 2.53. The van der Waals surface area contributed by atoms with E-state index < -0.39 is 0 Å². The Kier molecular flexibility index (Phi) is 4.66. The molecule has 0 radical (unpaired) electrons. The highest BCUT2D eigenvalue weighted by molar-refractivity contribution is 6.26. The van der Waals surface area contributed by atoms with Gasteiger partial charge in [-0.05, 0) is 98.8 Å². The summed E-state index contributed by atoms with van der Waals surface area (Å²) in [5.41, 5.74) is 18.1. The summed E-state index contributed by atoms with van der Waals surface area (Å²) in [5.74, 6) is 0. The Morgan fingerprint density at radius 2 is 0.775 bits per heavy atom. The lowest BCUT2D eigenvalue weighted by atomic mass is 9.86. The molecular weight excluding hydrogens is 484 g/mol. The van der Waals surface area contributed by atoms with Gasteiger partial charge in [0.15, 0.2) is 0 Å². The first kappa shape index (κ1) is 23.3. The topological polar surface area (TPSA) is 9.86 Å². The average molecular weight is 517 g/mol. The van der Waals surface area contributed by atoms with Crippen molar-refractivity contribution in [2.45, 2.75) is 41.5 Å². The van der Waals surface area contributed by atoms with Crippen molar-refractivity contribution in [2.24, 2.45) is 0 Å². The summed E-state index contributed by atoms with van der Waals surface area (Å²) in [5, 5.41) is 5.23. The molecule has 0 amide bonds. The number of benzene rings is 6. The summed E-state index contributed by atoms with van der Waals surface area (Å²) in [6.45, 7) is 13.4. The fourth-order valence-corrected chi connectivity index (χ4v) is 7.74. The predicted octanol–water partition coefficient (Wildman–Crippen LogP) is 10.3. The first-order valence-corrected chi connectivity index (χ1v) is 14.2. The SMILES string of the molecule is Cc1cc(C)c(-n2c3ccc4cccc5c4c3-c3c4c(cccc42)ccc3n5-c2c(C)cc(C)cc2C)c(C)c1. The molecule has 194 valence electrons. The van der Waals surface area contributed by atoms with E-state index in [2.05, 4.69) is 136 Å². The molecule has 6 aromatic carbocycles. The van der Waals surface area contributed by atoms with Crippen LogP contribution in [0.2, 0.25) is 0 Å². The van der Waals surface area contributed by atoms with Gasteiger partial charge >= 0.3 is 0 Å². The minimum atomic E-state index is 1.26. The molecule has 0 bridgehead atoms. The van der Waals surface area contributed by atoms with Gasteiger partial charge in [0.25, 0.3) is 0 Å². The quantitative estimate of drug-likeness (QED) is 0.160. The number of pyridine rings is 2. The molecule has 0 saturated heterocycles. The van der Waals surface area contributed by atoms with Crippen molar-refractivity contribution in [3.05, 3.63) is 118 Å². The standard InChI is InChI=1S/C38H32N2/c1-21-17-23(3)37(24(4)18-21)39-29-11-7-9-27-14-16-32-36(33(27)29)35-31(39)15-13-28-10-8-12-30(34(28)35)40(32)38-25(5)19-22(2)20-26(38)6/h7-20H,1-6H3. The summed E-state index contributed by atoms with van der Waals surface area (Å²) < 4.78 is 5.07. The van der Waals surface area contributed by atoms with E-state index in [-0.39, 0.29) is 0 Å². The lowest BCUT2D eigenvalue weighted by Gasteiger charge is -2.30. The van der Waals surface area contributed by atoms with Gasteiger partial charge in [-0.3, -0.25) is 0 Å². The van der Waals surface area contributed by atoms with Crippen molar-refractivity contribution in [1.29, 1.82) is 0 Å². The second-order valence-corrected chi connectivity index (χ2v) is 11.8. The van der Waals surface area contributed by atoms with Crippen LogP contribution in [0.4, 0.5) is 0 Å². The normalized spacial score (nSPS) is 12.2. The molecule has 0 spiro atoms. The molecule has 6 aromatic rings. The number of hydrogen-bond donors (Lipinski definition) is 0. The van der Waals surface area contributed by atoms with Gasteiger partial charge in [-0.1, -0.05) is 71.8 Å². The molecule has 0 saturated carbocycles. The van der Waals surface area contributed by atoms with E-state index in [1.165, 1.54) is 99.5 Å². The van der Waals surface area contributed by atoms with Gasteiger partial charge in [0, 0.05) is 21.9 Å². The Hall–Kier alpha value is -4.56. The lowest BCUT2D eigenvalue weighted by Crippen LogP contribution is -2.12. The van der Waals surface area contributed by atoms with Crippen molar-refractivity contribution in [2.75, 3.05) is 0 Å². The molecule has 2 heterocycles. The van der Waals surface area contributed by atoms with Crippen LogP contribution in [0.5, 0.6) is 0 Å². The minimum Gasteiger partial charge on any atom is -0.309 e. The maximum Gasteiger partial charge on any atom is 0.0548 e. The first-order valence-electron chi connectivity index (χ1n) is 14.2. The summed E-state index contributed by atoms with van der Waals surface area (Å²) in [7, 11) is 0. The van der Waals surface area contributed by atoms with Gasteiger partial charge in [0.2, 0.25) is 0 Å². The van der Waals surface area contributed by atoms with Crippen LogP contribution in [0.15, 0.2) is 84.9 Å². The molecule has 0 unspecified atom stereocenters. The van der Waals surface area contributed by atoms with E-state index in [4.69, 9.17) is 0 Å². The third-order valence-corrected chi connectivity index (χ3v) is 8.93. The Morgan fingerprint density at radius 1 is 0.400 bits per heavy atom. The molecule has 0 aliphatic carbocycles. The van der Waals surface area contributed by atoms with E-state index in [1.54, 1.807) is 0 Å². The average Bonchev–Trinajstić information content (AvgIpc) is 2.91. The van der Waals surface area contributed by atoms with Crippen LogP contribution in [0.1, 0.15) is 33.4 Å². The number of rotatable bonds is 2. The number of hydrogen-bond acceptors (Lipinski definition) is 0. The number of nitrogens with zero attached hydrogens (tertiary/aromatic N) is 2. The second kappa shape index (κ2) is 7.99. The van der Waals surface area contributed by atoms with Crippen molar-refractivity contribution < 1.29 is 0 Å². The lowest BCUT2D eigenvalue weighted by molar-refractivity contribution is 1.09. The van der Waals surface area contributed by atoms with Gasteiger partial charge in [-0.15, -0.1) is 0 Å². The highest BCUT2D eigenvalue weighted by Gasteiger charge is 2.28. The summed E-state index contributed by atoms with van der Waals surface area (Å²) in [4.78, 5) is 0. The Bertz CT molecular complexity index is 2060. The van der Waals surface area contributed by atoms with Gasteiger partial charge in [-0.25, -0.2) is 0 Å². The molecule has 2 heteroatoms. The van der Waals surface area contributed by atoms with Crippen molar-refractivity contribution in [3.8, 4) is 22.5 Å². The Labute approximate surface area is 234 Å². The molecule has 8 rings (SSSR count). The largest absolute Gasteiger partial charge is 0.309 e. The van der Waals surface area contributed by atoms with Crippen LogP contribution in [-0.2, 0) is 0 Å². The van der Waals surface area contributed by atoms with Crippen molar-refractivity contribution >= 4 is 43.6 Å². The van der Waals surface area contributed by atoms with Gasteiger partial charge in [0.1, 0.15) is 0 Å². The molecule has 40 heavy (non-hydrogen) atoms.